The van der Waals surface area contributed by atoms with E-state index in [2.05, 4.69) is 27.7 Å². The van der Waals surface area contributed by atoms with Crippen molar-refractivity contribution in [2.45, 2.75) is 27.7 Å². The van der Waals surface area contributed by atoms with E-state index in [-0.39, 0.29) is 5.41 Å². The Kier molecular flexibility index (Phi) is 4.69. The zero-order chi connectivity index (χ0) is 8.91. The Bertz CT molecular complexity index is 99.7. The highest BCUT2D eigenvalue weighted by Crippen LogP contribution is 2.12. The summed E-state index contributed by atoms with van der Waals surface area (Å²) in [6.45, 7) is 10.8. The minimum Gasteiger partial charge on any atom is -0.381 e. The molecule has 0 rings (SSSR count). The molecule has 0 unspecified atom stereocenters. The molecule has 0 saturated heterocycles. The fourth-order valence-electron chi connectivity index (χ4n) is 0.630. The molecule has 0 aliphatic carbocycles. The molecule has 0 saturated carbocycles. The van der Waals surface area contributed by atoms with Gasteiger partial charge in [-0.3, -0.25) is 0 Å². The van der Waals surface area contributed by atoms with Gasteiger partial charge in [0.15, 0.2) is 0 Å². The van der Waals surface area contributed by atoms with E-state index >= 15 is 0 Å². The predicted octanol–water partition coefficient (Wildman–Crippen LogP) is 1.64. The minimum atomic E-state index is 0.134. The van der Waals surface area contributed by atoms with Crippen molar-refractivity contribution in [2.75, 3.05) is 19.8 Å². The zero-order valence-corrected chi connectivity index (χ0v) is 8.18. The van der Waals surface area contributed by atoms with Gasteiger partial charge < -0.3 is 10.5 Å². The molecule has 0 heterocycles. The Hall–Kier alpha value is -0.0800. The van der Waals surface area contributed by atoms with Crippen LogP contribution in [0.15, 0.2) is 0 Å². The molecule has 0 fully saturated rings. The van der Waals surface area contributed by atoms with Crippen LogP contribution in [0.1, 0.15) is 27.7 Å². The van der Waals surface area contributed by atoms with E-state index in [1.54, 1.807) is 0 Å². The van der Waals surface area contributed by atoms with Gasteiger partial charge in [-0.1, -0.05) is 27.7 Å². The maximum Gasteiger partial charge on any atom is 0.0529 e. The number of rotatable bonds is 5. The van der Waals surface area contributed by atoms with E-state index in [9.17, 15) is 0 Å². The minimum absolute atomic E-state index is 0.134. The first kappa shape index (κ1) is 10.9. The molecule has 0 aromatic carbocycles. The molecule has 68 valence electrons. The van der Waals surface area contributed by atoms with Gasteiger partial charge in [0.25, 0.3) is 0 Å². The van der Waals surface area contributed by atoms with Gasteiger partial charge in [-0.15, -0.1) is 0 Å². The van der Waals surface area contributed by atoms with Gasteiger partial charge in [-0.25, -0.2) is 0 Å². The molecule has 0 spiro atoms. The monoisotopic (exact) mass is 159 g/mol. The van der Waals surface area contributed by atoms with Crippen LogP contribution in [0, 0.1) is 11.3 Å². The summed E-state index contributed by atoms with van der Waals surface area (Å²) in [6.07, 6.45) is 0. The van der Waals surface area contributed by atoms with Crippen LogP contribution in [0.5, 0.6) is 0 Å². The van der Waals surface area contributed by atoms with Crippen LogP contribution in [0.3, 0.4) is 0 Å². The third kappa shape index (κ3) is 6.32. The normalized spacial score (nSPS) is 12.5. The van der Waals surface area contributed by atoms with Crippen LogP contribution in [0.25, 0.3) is 0 Å². The predicted molar refractivity (Wildman–Crippen MR) is 48.5 cm³/mol. The van der Waals surface area contributed by atoms with Crippen LogP contribution < -0.4 is 5.73 Å². The Morgan fingerprint density at radius 3 is 2.27 bits per heavy atom. The summed E-state index contributed by atoms with van der Waals surface area (Å²) in [7, 11) is 0. The fourth-order valence-corrected chi connectivity index (χ4v) is 0.630. The lowest BCUT2D eigenvalue weighted by Crippen LogP contribution is -2.29. The average molecular weight is 159 g/mol. The van der Waals surface area contributed by atoms with Crippen molar-refractivity contribution in [1.29, 1.82) is 0 Å². The highest BCUT2D eigenvalue weighted by Gasteiger charge is 2.15. The molecule has 0 radical (unpaired) electrons. The molecule has 0 aliphatic heterocycles. The van der Waals surface area contributed by atoms with Gasteiger partial charge in [-0.05, 0) is 12.5 Å². The van der Waals surface area contributed by atoms with Crippen molar-refractivity contribution in [3.05, 3.63) is 0 Å². The summed E-state index contributed by atoms with van der Waals surface area (Å²) in [5.41, 5.74) is 5.68. The quantitative estimate of drug-likeness (QED) is 0.662. The second-order valence-electron chi connectivity index (χ2n) is 4.28. The zero-order valence-electron chi connectivity index (χ0n) is 8.18. The topological polar surface area (TPSA) is 35.2 Å². The number of nitrogens with two attached hydrogens (primary N) is 1. The van der Waals surface area contributed by atoms with E-state index in [0.29, 0.717) is 12.5 Å². The van der Waals surface area contributed by atoms with E-state index < -0.39 is 0 Å². The fraction of sp³-hybridized carbons (Fsp3) is 1.00. The Morgan fingerprint density at radius 1 is 1.36 bits per heavy atom. The van der Waals surface area contributed by atoms with Gasteiger partial charge in [-0.2, -0.15) is 0 Å². The summed E-state index contributed by atoms with van der Waals surface area (Å²) >= 11 is 0. The van der Waals surface area contributed by atoms with Crippen LogP contribution in [0.4, 0.5) is 0 Å². The average Bonchev–Trinajstić information content (AvgIpc) is 1.87. The summed E-state index contributed by atoms with van der Waals surface area (Å²) in [6, 6.07) is 0. The Morgan fingerprint density at radius 2 is 1.91 bits per heavy atom. The van der Waals surface area contributed by atoms with Gasteiger partial charge in [0.05, 0.1) is 6.61 Å². The molecule has 0 amide bonds. The Labute approximate surface area is 70.1 Å². The molecule has 0 aromatic rings. The number of hydrogen-bond donors (Lipinski definition) is 1. The van der Waals surface area contributed by atoms with E-state index in [1.807, 2.05) is 0 Å². The van der Waals surface area contributed by atoms with E-state index in [4.69, 9.17) is 10.5 Å². The largest absolute Gasteiger partial charge is 0.381 e. The van der Waals surface area contributed by atoms with Gasteiger partial charge in [0.2, 0.25) is 0 Å². The summed E-state index contributed by atoms with van der Waals surface area (Å²) in [5, 5.41) is 0. The maximum absolute atomic E-state index is 5.54. The standard InChI is InChI=1S/C9H21NO/c1-8(2)5-11-7-9(3,4)6-10/h8H,5-7,10H2,1-4H3. The second kappa shape index (κ2) is 4.73. The molecule has 2 nitrogen and oxygen atoms in total. The molecule has 0 bridgehead atoms. The Balaban J connectivity index is 3.38. The molecule has 2 N–H and O–H groups in total. The summed E-state index contributed by atoms with van der Waals surface area (Å²) in [4.78, 5) is 0. The molecular formula is C9H21NO. The molecule has 0 atom stereocenters. The molecule has 11 heavy (non-hydrogen) atoms. The van der Waals surface area contributed by atoms with Crippen molar-refractivity contribution in [1.82, 2.24) is 0 Å². The molecule has 0 aromatic heterocycles. The summed E-state index contributed by atoms with van der Waals surface area (Å²) < 4.78 is 5.47. The first-order valence-electron chi connectivity index (χ1n) is 4.26. The van der Waals surface area contributed by atoms with Crippen LogP contribution in [0.2, 0.25) is 0 Å². The molecule has 2 heteroatoms. The summed E-state index contributed by atoms with van der Waals surface area (Å²) in [5.74, 6) is 0.614. The van der Waals surface area contributed by atoms with Crippen molar-refractivity contribution >= 4 is 0 Å². The highest BCUT2D eigenvalue weighted by molar-refractivity contribution is 4.67. The molecule has 0 aliphatic rings. The van der Waals surface area contributed by atoms with Gasteiger partial charge in [0.1, 0.15) is 0 Å². The van der Waals surface area contributed by atoms with Crippen LogP contribution >= 0.6 is 0 Å². The maximum atomic E-state index is 5.54. The lowest BCUT2D eigenvalue weighted by atomic mass is 9.95. The lowest BCUT2D eigenvalue weighted by molar-refractivity contribution is 0.0504. The van der Waals surface area contributed by atoms with Crippen LogP contribution in [-0.2, 0) is 4.74 Å². The van der Waals surface area contributed by atoms with Crippen molar-refractivity contribution in [3.63, 3.8) is 0 Å². The van der Waals surface area contributed by atoms with Gasteiger partial charge >= 0.3 is 0 Å². The molecular weight excluding hydrogens is 138 g/mol. The smallest absolute Gasteiger partial charge is 0.0529 e. The van der Waals surface area contributed by atoms with E-state index in [1.165, 1.54) is 0 Å². The highest BCUT2D eigenvalue weighted by atomic mass is 16.5. The first-order chi connectivity index (χ1) is 4.98. The number of hydrogen-bond acceptors (Lipinski definition) is 2. The van der Waals surface area contributed by atoms with Crippen molar-refractivity contribution in [2.24, 2.45) is 17.1 Å². The number of ether oxygens (including phenoxy) is 1. The third-order valence-electron chi connectivity index (χ3n) is 1.50. The second-order valence-corrected chi connectivity index (χ2v) is 4.28. The first-order valence-corrected chi connectivity index (χ1v) is 4.26. The SMILES string of the molecule is CC(C)COCC(C)(C)CN. The van der Waals surface area contributed by atoms with Gasteiger partial charge in [0, 0.05) is 12.0 Å². The lowest BCUT2D eigenvalue weighted by Gasteiger charge is -2.22. The van der Waals surface area contributed by atoms with Crippen molar-refractivity contribution in [3.8, 4) is 0 Å². The van der Waals surface area contributed by atoms with Crippen molar-refractivity contribution < 1.29 is 4.74 Å². The van der Waals surface area contributed by atoms with Crippen LogP contribution in [-0.4, -0.2) is 19.8 Å². The third-order valence-corrected chi connectivity index (χ3v) is 1.50. The van der Waals surface area contributed by atoms with E-state index in [0.717, 1.165) is 13.2 Å².